The molecule has 0 saturated heterocycles. The normalized spacial score (nSPS) is 12.0. The van der Waals surface area contributed by atoms with Crippen LogP contribution in [0.2, 0.25) is 0 Å². The van der Waals surface area contributed by atoms with E-state index in [1.807, 2.05) is 50.2 Å². The Morgan fingerprint density at radius 3 is 1.52 bits per heavy atom. The highest BCUT2D eigenvalue weighted by atomic mass is 16.1. The van der Waals surface area contributed by atoms with Crippen molar-refractivity contribution in [1.82, 2.24) is 4.57 Å². The maximum absolute atomic E-state index is 12.2. The maximum Gasteiger partial charge on any atom is 0.162 e. The molecule has 0 aliphatic heterocycles. The molecule has 3 aromatic rings. The number of carbonyl (C=O) groups is 2. The van der Waals surface area contributed by atoms with Crippen molar-refractivity contribution in [3.63, 3.8) is 0 Å². The van der Waals surface area contributed by atoms with Crippen LogP contribution >= 0.6 is 0 Å². The second-order valence-corrected chi connectivity index (χ2v) is 7.52. The lowest BCUT2D eigenvalue weighted by Crippen LogP contribution is -2.21. The van der Waals surface area contributed by atoms with Crippen molar-refractivity contribution in [2.24, 2.45) is 0 Å². The van der Waals surface area contributed by atoms with Crippen LogP contribution in [0.3, 0.4) is 0 Å². The van der Waals surface area contributed by atoms with E-state index in [4.69, 9.17) is 0 Å². The molecule has 3 heteroatoms. The summed E-state index contributed by atoms with van der Waals surface area (Å²) in [6.07, 6.45) is 0.978. The number of nitrogens with zero attached hydrogens (tertiary/aromatic N) is 1. The molecule has 0 saturated carbocycles. The van der Waals surface area contributed by atoms with E-state index in [0.717, 1.165) is 32.9 Å². The summed E-state index contributed by atoms with van der Waals surface area (Å²) in [6, 6.07) is 11.8. The molecule has 1 heterocycles. The number of aromatic nitrogens is 1. The van der Waals surface area contributed by atoms with Crippen molar-refractivity contribution >= 4 is 33.4 Å². The summed E-state index contributed by atoms with van der Waals surface area (Å²) in [7, 11) is 0. The Bertz CT molecular complexity index is 913. The van der Waals surface area contributed by atoms with E-state index in [1.54, 1.807) is 0 Å². The van der Waals surface area contributed by atoms with Crippen molar-refractivity contribution in [3.8, 4) is 0 Å². The van der Waals surface area contributed by atoms with E-state index in [-0.39, 0.29) is 17.1 Å². The molecule has 130 valence electrons. The summed E-state index contributed by atoms with van der Waals surface area (Å²) in [5.41, 5.74) is 3.55. The van der Waals surface area contributed by atoms with Gasteiger partial charge in [0, 0.05) is 51.3 Å². The molecule has 0 aliphatic rings. The Hall–Kier alpha value is -2.42. The molecule has 0 unspecified atom stereocenters. The van der Waals surface area contributed by atoms with Crippen molar-refractivity contribution in [1.29, 1.82) is 0 Å². The summed E-state index contributed by atoms with van der Waals surface area (Å²) >= 11 is 0. The summed E-state index contributed by atoms with van der Waals surface area (Å²) in [4.78, 5) is 24.3. The highest BCUT2D eigenvalue weighted by Gasteiger charge is 2.22. The molecule has 3 nitrogen and oxygen atoms in total. The minimum absolute atomic E-state index is 0.105. The van der Waals surface area contributed by atoms with Gasteiger partial charge in [-0.3, -0.25) is 9.59 Å². The second kappa shape index (κ2) is 6.14. The van der Waals surface area contributed by atoms with Gasteiger partial charge in [-0.1, -0.05) is 13.8 Å². The maximum atomic E-state index is 12.2. The molecule has 0 spiro atoms. The van der Waals surface area contributed by atoms with Crippen LogP contribution in [0.5, 0.6) is 0 Å². The van der Waals surface area contributed by atoms with Crippen molar-refractivity contribution < 1.29 is 9.59 Å². The molecular weight excluding hydrogens is 310 g/mol. The van der Waals surface area contributed by atoms with Gasteiger partial charge in [0.1, 0.15) is 0 Å². The van der Waals surface area contributed by atoms with Crippen LogP contribution in [-0.2, 0) is 5.54 Å². The van der Waals surface area contributed by atoms with E-state index < -0.39 is 0 Å². The molecule has 1 aromatic heterocycles. The molecular formula is C22H25NO2. The average Bonchev–Trinajstić information content (AvgIpc) is 2.93. The molecule has 2 aromatic carbocycles. The first kappa shape index (κ1) is 17.4. The summed E-state index contributed by atoms with van der Waals surface area (Å²) in [6.45, 7) is 10.3. The van der Waals surface area contributed by atoms with Crippen LogP contribution in [-0.4, -0.2) is 16.1 Å². The monoisotopic (exact) mass is 335 g/mol. The Labute approximate surface area is 148 Å². The quantitative estimate of drug-likeness (QED) is 0.571. The second-order valence-electron chi connectivity index (χ2n) is 7.52. The van der Waals surface area contributed by atoms with Gasteiger partial charge >= 0.3 is 0 Å². The summed E-state index contributed by atoms with van der Waals surface area (Å²) in [5.74, 6) is 0.277. The van der Waals surface area contributed by atoms with E-state index in [2.05, 4.69) is 25.3 Å². The van der Waals surface area contributed by atoms with Crippen LogP contribution in [0.4, 0.5) is 0 Å². The molecule has 0 N–H and O–H groups in total. The standard InChI is InChI=1S/C22H25NO2/c1-6-20(24)14-8-10-18-16(12-14)17-13-15(21(25)7-2)9-11-19(17)23(18)22(3,4)5/h8-13H,6-7H2,1-5H3. The van der Waals surface area contributed by atoms with Gasteiger partial charge in [0.05, 0.1) is 0 Å². The smallest absolute Gasteiger partial charge is 0.162 e. The fourth-order valence-electron chi connectivity index (χ4n) is 3.50. The summed E-state index contributed by atoms with van der Waals surface area (Å²) in [5, 5.41) is 2.07. The number of fused-ring (bicyclic) bond motifs is 3. The number of ketones is 2. The lowest BCUT2D eigenvalue weighted by atomic mass is 10.0. The predicted molar refractivity (Wildman–Crippen MR) is 104 cm³/mol. The van der Waals surface area contributed by atoms with E-state index in [1.165, 1.54) is 0 Å². The van der Waals surface area contributed by atoms with Crippen LogP contribution in [0, 0.1) is 0 Å². The van der Waals surface area contributed by atoms with Crippen LogP contribution in [0.25, 0.3) is 21.8 Å². The minimum Gasteiger partial charge on any atom is -0.335 e. The van der Waals surface area contributed by atoms with E-state index in [0.29, 0.717) is 12.8 Å². The number of rotatable bonds is 4. The van der Waals surface area contributed by atoms with Crippen LogP contribution in [0.1, 0.15) is 68.2 Å². The third-order valence-corrected chi connectivity index (χ3v) is 4.72. The largest absolute Gasteiger partial charge is 0.335 e. The zero-order valence-corrected chi connectivity index (χ0v) is 15.6. The lowest BCUT2D eigenvalue weighted by molar-refractivity contribution is 0.0980. The SMILES string of the molecule is CCC(=O)c1ccc2c(c1)c1cc(C(=O)CC)ccc1n2C(C)(C)C. The summed E-state index contributed by atoms with van der Waals surface area (Å²) < 4.78 is 2.29. The highest BCUT2D eigenvalue weighted by Crippen LogP contribution is 2.35. The number of benzene rings is 2. The number of hydrogen-bond acceptors (Lipinski definition) is 2. The molecule has 0 atom stereocenters. The third-order valence-electron chi connectivity index (χ3n) is 4.72. The first-order valence-corrected chi connectivity index (χ1v) is 8.93. The zero-order chi connectivity index (χ0) is 18.4. The fourth-order valence-corrected chi connectivity index (χ4v) is 3.50. The van der Waals surface area contributed by atoms with Crippen molar-refractivity contribution in [3.05, 3.63) is 47.5 Å². The Kier molecular flexibility index (Phi) is 4.28. The zero-order valence-electron chi connectivity index (χ0n) is 15.6. The van der Waals surface area contributed by atoms with Crippen LogP contribution in [0.15, 0.2) is 36.4 Å². The van der Waals surface area contributed by atoms with Gasteiger partial charge in [0.15, 0.2) is 11.6 Å². The molecule has 3 rings (SSSR count). The van der Waals surface area contributed by atoms with Gasteiger partial charge < -0.3 is 4.57 Å². The number of hydrogen-bond donors (Lipinski definition) is 0. The first-order chi connectivity index (χ1) is 11.8. The molecule has 25 heavy (non-hydrogen) atoms. The third kappa shape index (κ3) is 2.88. The van der Waals surface area contributed by atoms with Gasteiger partial charge in [-0.05, 0) is 57.2 Å². The van der Waals surface area contributed by atoms with Gasteiger partial charge in [-0.25, -0.2) is 0 Å². The van der Waals surface area contributed by atoms with Crippen molar-refractivity contribution in [2.45, 2.75) is 53.0 Å². The molecule has 0 fully saturated rings. The predicted octanol–water partition coefficient (Wildman–Crippen LogP) is 5.73. The van der Waals surface area contributed by atoms with Gasteiger partial charge in [0.2, 0.25) is 0 Å². The Morgan fingerprint density at radius 1 is 0.800 bits per heavy atom. The first-order valence-electron chi connectivity index (χ1n) is 8.93. The Balaban J connectivity index is 2.42. The van der Waals surface area contributed by atoms with Crippen LogP contribution < -0.4 is 0 Å². The lowest BCUT2D eigenvalue weighted by Gasteiger charge is -2.24. The average molecular weight is 335 g/mol. The van der Waals surface area contributed by atoms with Gasteiger partial charge in [-0.15, -0.1) is 0 Å². The topological polar surface area (TPSA) is 39.1 Å². The van der Waals surface area contributed by atoms with E-state index in [9.17, 15) is 9.59 Å². The Morgan fingerprint density at radius 2 is 1.20 bits per heavy atom. The molecule has 0 bridgehead atoms. The van der Waals surface area contributed by atoms with Gasteiger partial charge in [0.25, 0.3) is 0 Å². The van der Waals surface area contributed by atoms with Crippen molar-refractivity contribution in [2.75, 3.05) is 0 Å². The molecule has 0 radical (unpaired) electrons. The highest BCUT2D eigenvalue weighted by molar-refractivity contribution is 6.13. The molecule has 0 aliphatic carbocycles. The van der Waals surface area contributed by atoms with Gasteiger partial charge in [-0.2, -0.15) is 0 Å². The van der Waals surface area contributed by atoms with E-state index >= 15 is 0 Å². The minimum atomic E-state index is -0.105. The molecule has 0 amide bonds. The number of carbonyl (C=O) groups excluding carboxylic acids is 2. The number of Topliss-reactive ketones (excluding diaryl/α,β-unsaturated/α-hetero) is 2. The fraction of sp³-hybridized carbons (Fsp3) is 0.364.